The first-order valence-corrected chi connectivity index (χ1v) is 16.6. The Kier molecular flexibility index (Phi) is 9.99. The molecule has 0 N–H and O–H groups in total. The van der Waals surface area contributed by atoms with E-state index in [0.717, 1.165) is 11.1 Å². The summed E-state index contributed by atoms with van der Waals surface area (Å²) in [7, 11) is 0. The molecule has 242 valence electrons. The van der Waals surface area contributed by atoms with E-state index in [9.17, 15) is 14.4 Å². The average Bonchev–Trinajstić information content (AvgIpc) is 3.42. The van der Waals surface area contributed by atoms with Crippen molar-refractivity contribution in [1.82, 2.24) is 4.57 Å². The zero-order valence-corrected chi connectivity index (χ0v) is 27.8. The summed E-state index contributed by atoms with van der Waals surface area (Å²) < 4.78 is 18.7. The maximum Gasteiger partial charge on any atom is 0.338 e. The van der Waals surface area contributed by atoms with Crippen molar-refractivity contribution in [2.45, 2.75) is 26.5 Å². The van der Waals surface area contributed by atoms with Gasteiger partial charge in [0.1, 0.15) is 12.4 Å². The molecule has 5 aromatic rings. The second-order valence-corrected chi connectivity index (χ2v) is 12.2. The van der Waals surface area contributed by atoms with Crippen LogP contribution in [0.2, 0.25) is 5.02 Å². The lowest BCUT2D eigenvalue weighted by molar-refractivity contribution is -0.138. The Morgan fingerprint density at radius 3 is 2.23 bits per heavy atom. The van der Waals surface area contributed by atoms with Crippen LogP contribution in [0.4, 0.5) is 0 Å². The van der Waals surface area contributed by atoms with Gasteiger partial charge in [-0.05, 0) is 61.4 Å². The maximum absolute atomic E-state index is 14.3. The Hall–Kier alpha value is -5.25. The highest BCUT2D eigenvalue weighted by molar-refractivity contribution is 7.07. The van der Waals surface area contributed by atoms with Gasteiger partial charge in [-0.3, -0.25) is 9.36 Å². The number of rotatable bonds is 10. The molecule has 6 rings (SSSR count). The van der Waals surface area contributed by atoms with Crippen LogP contribution < -0.4 is 19.6 Å². The molecule has 48 heavy (non-hydrogen) atoms. The third-order valence-corrected chi connectivity index (χ3v) is 8.86. The maximum atomic E-state index is 14.3. The number of aromatic nitrogens is 1. The van der Waals surface area contributed by atoms with Crippen LogP contribution >= 0.6 is 22.9 Å². The summed E-state index contributed by atoms with van der Waals surface area (Å²) in [5.41, 5.74) is 3.85. The number of benzene rings is 4. The summed E-state index contributed by atoms with van der Waals surface area (Å²) in [4.78, 5) is 45.3. The lowest BCUT2D eigenvalue weighted by Crippen LogP contribution is -2.40. The van der Waals surface area contributed by atoms with E-state index in [1.807, 2.05) is 66.7 Å². The molecule has 0 spiro atoms. The molecule has 0 saturated carbocycles. The Morgan fingerprint density at radius 1 is 0.854 bits per heavy atom. The number of hydrogen-bond acceptors (Lipinski definition) is 8. The van der Waals surface area contributed by atoms with Gasteiger partial charge < -0.3 is 14.2 Å². The van der Waals surface area contributed by atoms with Crippen molar-refractivity contribution in [1.29, 1.82) is 0 Å². The van der Waals surface area contributed by atoms with Gasteiger partial charge in [0.15, 0.2) is 4.80 Å². The Bertz CT molecular complexity index is 2170. The second-order valence-electron chi connectivity index (χ2n) is 10.7. The van der Waals surface area contributed by atoms with E-state index in [1.54, 1.807) is 60.9 Å². The van der Waals surface area contributed by atoms with Gasteiger partial charge in [-0.15, -0.1) is 0 Å². The molecule has 1 atom stereocenters. The molecule has 0 aliphatic carbocycles. The van der Waals surface area contributed by atoms with Crippen LogP contribution in [0.5, 0.6) is 5.75 Å². The second kappa shape index (κ2) is 14.7. The fourth-order valence-electron chi connectivity index (χ4n) is 5.39. The van der Waals surface area contributed by atoms with Crippen LogP contribution in [0.15, 0.2) is 118 Å². The number of para-hydroxylation sites is 1. The minimum absolute atomic E-state index is 0.161. The standard InChI is InChI=1S/C38H31ClN2O6S/c1-3-45-36(43)27-16-14-24(15-17-27)23-47-30-13-9-8-12-28(30)22-31-35(42)41-34(26-18-20-29(39)21-19-26)32(37(44)46-4-2)33(40-38(41)48-31)25-10-6-5-7-11-25/h5-22,34H,3-4,23H2,1-2H3/b31-22-/t34-/m1/s1. The van der Waals surface area contributed by atoms with E-state index in [-0.39, 0.29) is 30.3 Å². The monoisotopic (exact) mass is 678 g/mol. The number of nitrogens with zero attached hydrogens (tertiary/aromatic N) is 2. The van der Waals surface area contributed by atoms with Crippen LogP contribution in [-0.4, -0.2) is 29.7 Å². The molecule has 10 heteroatoms. The quantitative estimate of drug-likeness (QED) is 0.160. The summed E-state index contributed by atoms with van der Waals surface area (Å²) in [6.07, 6.45) is 1.78. The van der Waals surface area contributed by atoms with Gasteiger partial charge >= 0.3 is 11.9 Å². The Labute approximate surface area is 285 Å². The van der Waals surface area contributed by atoms with E-state index in [4.69, 9.17) is 30.8 Å². The van der Waals surface area contributed by atoms with Crippen LogP contribution in [0.3, 0.4) is 0 Å². The molecule has 0 unspecified atom stereocenters. The average molecular weight is 679 g/mol. The molecule has 1 aliphatic rings. The summed E-state index contributed by atoms with van der Waals surface area (Å²) in [5, 5.41) is 0.530. The van der Waals surface area contributed by atoms with Gasteiger partial charge in [0.05, 0.1) is 40.6 Å². The smallest absolute Gasteiger partial charge is 0.338 e. The fourth-order valence-corrected chi connectivity index (χ4v) is 6.50. The molecule has 1 aliphatic heterocycles. The van der Waals surface area contributed by atoms with Crippen molar-refractivity contribution in [3.63, 3.8) is 0 Å². The highest BCUT2D eigenvalue weighted by atomic mass is 35.5. The van der Waals surface area contributed by atoms with Gasteiger partial charge in [0.2, 0.25) is 0 Å². The summed E-state index contributed by atoms with van der Waals surface area (Å²) in [6, 6.07) is 30.1. The molecule has 0 saturated heterocycles. The van der Waals surface area contributed by atoms with Crippen molar-refractivity contribution in [3.05, 3.63) is 161 Å². The van der Waals surface area contributed by atoms with Crippen LogP contribution in [0.25, 0.3) is 11.8 Å². The lowest BCUT2D eigenvalue weighted by Gasteiger charge is -2.25. The highest BCUT2D eigenvalue weighted by Gasteiger charge is 2.35. The molecule has 0 bridgehead atoms. The summed E-state index contributed by atoms with van der Waals surface area (Å²) >= 11 is 7.47. The Balaban J connectivity index is 1.43. The molecular weight excluding hydrogens is 648 g/mol. The van der Waals surface area contributed by atoms with Crippen molar-refractivity contribution in [2.24, 2.45) is 4.99 Å². The zero-order valence-electron chi connectivity index (χ0n) is 26.2. The molecule has 4 aromatic carbocycles. The predicted octanol–water partition coefficient (Wildman–Crippen LogP) is 6.34. The van der Waals surface area contributed by atoms with Crippen molar-refractivity contribution < 1.29 is 23.8 Å². The third kappa shape index (κ3) is 6.88. The molecule has 2 heterocycles. The number of esters is 2. The molecule has 0 radical (unpaired) electrons. The fraction of sp³-hybridized carbons (Fsp3) is 0.158. The zero-order chi connectivity index (χ0) is 33.6. The Morgan fingerprint density at radius 2 is 1.52 bits per heavy atom. The van der Waals surface area contributed by atoms with Gasteiger partial charge in [-0.25, -0.2) is 14.6 Å². The summed E-state index contributed by atoms with van der Waals surface area (Å²) in [5.74, 6) is -0.354. The van der Waals surface area contributed by atoms with Crippen LogP contribution in [0.1, 0.15) is 52.5 Å². The van der Waals surface area contributed by atoms with Crippen molar-refractivity contribution in [2.75, 3.05) is 13.2 Å². The van der Waals surface area contributed by atoms with Gasteiger partial charge in [0.25, 0.3) is 5.56 Å². The first kappa shape index (κ1) is 32.7. The van der Waals surface area contributed by atoms with Crippen LogP contribution in [0, 0.1) is 0 Å². The largest absolute Gasteiger partial charge is 0.488 e. The predicted molar refractivity (Wildman–Crippen MR) is 186 cm³/mol. The minimum atomic E-state index is -0.806. The number of carbonyl (C=O) groups is 2. The van der Waals surface area contributed by atoms with Gasteiger partial charge in [-0.1, -0.05) is 95.7 Å². The molecular formula is C38H31ClN2O6S. The van der Waals surface area contributed by atoms with Crippen molar-refractivity contribution >= 4 is 46.6 Å². The third-order valence-electron chi connectivity index (χ3n) is 7.62. The first-order chi connectivity index (χ1) is 23.4. The molecule has 0 fully saturated rings. The summed E-state index contributed by atoms with van der Waals surface area (Å²) in [6.45, 7) is 4.22. The lowest BCUT2D eigenvalue weighted by atomic mass is 9.93. The minimum Gasteiger partial charge on any atom is -0.488 e. The number of halogens is 1. The van der Waals surface area contributed by atoms with Gasteiger partial charge in [0, 0.05) is 16.1 Å². The van der Waals surface area contributed by atoms with Crippen molar-refractivity contribution in [3.8, 4) is 5.75 Å². The van der Waals surface area contributed by atoms with E-state index < -0.39 is 12.0 Å². The molecule has 0 amide bonds. The number of fused-ring (bicyclic) bond motifs is 1. The number of hydrogen-bond donors (Lipinski definition) is 0. The van der Waals surface area contributed by atoms with E-state index in [1.165, 1.54) is 11.3 Å². The van der Waals surface area contributed by atoms with Crippen LogP contribution in [-0.2, 0) is 20.9 Å². The topological polar surface area (TPSA) is 96.2 Å². The highest BCUT2D eigenvalue weighted by Crippen LogP contribution is 2.35. The normalized spacial score (nSPS) is 14.2. The number of thiazole rings is 1. The van der Waals surface area contributed by atoms with E-state index >= 15 is 0 Å². The molecule has 8 nitrogen and oxygen atoms in total. The number of ether oxygens (including phenoxy) is 3. The molecule has 1 aromatic heterocycles. The SMILES string of the molecule is CCOC(=O)C1=C(c2ccccc2)N=c2s/c(=C\c3ccccc3OCc3ccc(C(=O)OCC)cc3)c(=O)n2[C@@H]1c1ccc(Cl)cc1. The van der Waals surface area contributed by atoms with Gasteiger partial charge in [-0.2, -0.15) is 0 Å². The number of carbonyl (C=O) groups excluding carboxylic acids is 2. The van der Waals surface area contributed by atoms with E-state index in [0.29, 0.717) is 49.1 Å². The first-order valence-electron chi connectivity index (χ1n) is 15.4. The van der Waals surface area contributed by atoms with E-state index in [2.05, 4.69) is 0 Å².